The zero-order chi connectivity index (χ0) is 14.2. The summed E-state index contributed by atoms with van der Waals surface area (Å²) in [5.74, 6) is 0.200. The normalized spacial score (nSPS) is 24.8. The fourth-order valence-electron chi connectivity index (χ4n) is 2.55. The smallest absolute Gasteiger partial charge is 0.243 e. The summed E-state index contributed by atoms with van der Waals surface area (Å²) in [4.78, 5) is 0.322. The van der Waals surface area contributed by atoms with Gasteiger partial charge in [-0.2, -0.15) is 4.31 Å². The van der Waals surface area contributed by atoms with Gasteiger partial charge in [0.25, 0.3) is 0 Å². The van der Waals surface area contributed by atoms with Crippen LogP contribution in [0.15, 0.2) is 23.1 Å². The third-order valence-corrected chi connectivity index (χ3v) is 6.02. The fourth-order valence-corrected chi connectivity index (χ4v) is 4.37. The van der Waals surface area contributed by atoms with Gasteiger partial charge in [-0.05, 0) is 49.4 Å². The Hall–Kier alpha value is -0.910. The van der Waals surface area contributed by atoms with Gasteiger partial charge in [-0.15, -0.1) is 0 Å². The Morgan fingerprint density at radius 3 is 2.58 bits per heavy atom. The van der Waals surface area contributed by atoms with Crippen molar-refractivity contribution in [2.75, 3.05) is 13.2 Å². The molecule has 0 aromatic heterocycles. The number of nitrogens with zero attached hydrogens (tertiary/aromatic N) is 1. The maximum Gasteiger partial charge on any atom is 0.243 e. The third-order valence-electron chi connectivity index (χ3n) is 4.10. The van der Waals surface area contributed by atoms with Crippen LogP contribution >= 0.6 is 0 Å². The quantitative estimate of drug-likeness (QED) is 0.918. The van der Waals surface area contributed by atoms with Crippen molar-refractivity contribution in [1.82, 2.24) is 4.31 Å². The summed E-state index contributed by atoms with van der Waals surface area (Å²) in [6.07, 6.45) is 0.801. The first-order valence-corrected chi connectivity index (χ1v) is 8.02. The molecule has 0 saturated carbocycles. The van der Waals surface area contributed by atoms with Crippen LogP contribution in [-0.2, 0) is 10.0 Å². The highest BCUT2D eigenvalue weighted by Crippen LogP contribution is 2.30. The molecule has 4 nitrogen and oxygen atoms in total. The zero-order valence-electron chi connectivity index (χ0n) is 11.6. The van der Waals surface area contributed by atoms with E-state index in [-0.39, 0.29) is 18.6 Å². The molecule has 2 atom stereocenters. The third kappa shape index (κ3) is 2.55. The molecule has 1 fully saturated rings. The number of hydrogen-bond donors (Lipinski definition) is 1. The number of hydrogen-bond acceptors (Lipinski definition) is 3. The van der Waals surface area contributed by atoms with Gasteiger partial charge < -0.3 is 5.11 Å². The van der Waals surface area contributed by atoms with E-state index < -0.39 is 10.0 Å². The van der Waals surface area contributed by atoms with Crippen molar-refractivity contribution < 1.29 is 13.5 Å². The Kier molecular flexibility index (Phi) is 3.99. The molecular weight excluding hydrogens is 262 g/mol. The largest absolute Gasteiger partial charge is 0.395 e. The number of benzene rings is 1. The second-order valence-electron chi connectivity index (χ2n) is 5.38. The van der Waals surface area contributed by atoms with Crippen LogP contribution in [0.1, 0.15) is 24.5 Å². The van der Waals surface area contributed by atoms with Crippen molar-refractivity contribution >= 4 is 10.0 Å². The molecule has 2 unspecified atom stereocenters. The van der Waals surface area contributed by atoms with Crippen LogP contribution < -0.4 is 0 Å². The van der Waals surface area contributed by atoms with Crippen LogP contribution in [0.5, 0.6) is 0 Å². The SMILES string of the molecule is Cc1ccc(S(=O)(=O)N2CCC(C)C2CO)cc1C. The number of sulfonamides is 1. The molecule has 0 amide bonds. The van der Waals surface area contributed by atoms with E-state index in [0.717, 1.165) is 17.5 Å². The lowest BCUT2D eigenvalue weighted by molar-refractivity contribution is 0.191. The van der Waals surface area contributed by atoms with Crippen molar-refractivity contribution in [2.45, 2.75) is 38.1 Å². The number of rotatable bonds is 3. The van der Waals surface area contributed by atoms with Gasteiger partial charge in [0.1, 0.15) is 0 Å². The van der Waals surface area contributed by atoms with Crippen LogP contribution in [0.25, 0.3) is 0 Å². The summed E-state index contributed by atoms with van der Waals surface area (Å²) in [6, 6.07) is 4.89. The topological polar surface area (TPSA) is 57.6 Å². The van der Waals surface area contributed by atoms with E-state index in [1.54, 1.807) is 12.1 Å². The number of aliphatic hydroxyl groups excluding tert-OH is 1. The Morgan fingerprint density at radius 1 is 1.32 bits per heavy atom. The zero-order valence-corrected chi connectivity index (χ0v) is 12.4. The lowest BCUT2D eigenvalue weighted by atomic mass is 10.0. The molecule has 1 aromatic rings. The van der Waals surface area contributed by atoms with Gasteiger partial charge in [0.15, 0.2) is 0 Å². The molecule has 1 aliphatic rings. The Labute approximate surface area is 115 Å². The molecule has 1 aromatic carbocycles. The predicted molar refractivity (Wildman–Crippen MR) is 74.5 cm³/mol. The molecule has 2 rings (SSSR count). The second-order valence-corrected chi connectivity index (χ2v) is 7.27. The van der Waals surface area contributed by atoms with Crippen molar-refractivity contribution in [3.05, 3.63) is 29.3 Å². The lowest BCUT2D eigenvalue weighted by Gasteiger charge is -2.24. The molecule has 106 valence electrons. The molecule has 0 bridgehead atoms. The molecule has 0 radical (unpaired) electrons. The molecule has 5 heteroatoms. The summed E-state index contributed by atoms with van der Waals surface area (Å²) in [5, 5.41) is 9.41. The van der Waals surface area contributed by atoms with Crippen molar-refractivity contribution in [3.63, 3.8) is 0 Å². The predicted octanol–water partition coefficient (Wildman–Crippen LogP) is 1.69. The molecule has 0 spiro atoms. The standard InChI is InChI=1S/C14H21NO3S/c1-10-4-5-13(8-12(10)3)19(17,18)15-7-6-11(2)14(15)9-16/h4-5,8,11,14,16H,6-7,9H2,1-3H3. The minimum absolute atomic E-state index is 0.120. The van der Waals surface area contributed by atoms with E-state index in [4.69, 9.17) is 0 Å². The van der Waals surface area contributed by atoms with E-state index in [2.05, 4.69) is 0 Å². The van der Waals surface area contributed by atoms with Crippen molar-refractivity contribution in [2.24, 2.45) is 5.92 Å². The minimum Gasteiger partial charge on any atom is -0.395 e. The lowest BCUT2D eigenvalue weighted by Crippen LogP contribution is -2.39. The van der Waals surface area contributed by atoms with Gasteiger partial charge in [-0.25, -0.2) is 8.42 Å². The average Bonchev–Trinajstić information content (AvgIpc) is 2.74. The highest BCUT2D eigenvalue weighted by atomic mass is 32.2. The summed E-state index contributed by atoms with van der Waals surface area (Å²) >= 11 is 0. The van der Waals surface area contributed by atoms with Gasteiger partial charge in [-0.3, -0.25) is 0 Å². The van der Waals surface area contributed by atoms with E-state index in [0.29, 0.717) is 11.4 Å². The first-order valence-electron chi connectivity index (χ1n) is 6.58. The van der Waals surface area contributed by atoms with Crippen LogP contribution in [-0.4, -0.2) is 37.0 Å². The monoisotopic (exact) mass is 283 g/mol. The Bertz CT molecular complexity index is 568. The first kappa shape index (κ1) is 14.5. The second kappa shape index (κ2) is 5.23. The Balaban J connectivity index is 2.39. The number of aliphatic hydroxyl groups is 1. The van der Waals surface area contributed by atoms with Gasteiger partial charge in [0.2, 0.25) is 10.0 Å². The van der Waals surface area contributed by atoms with E-state index in [9.17, 15) is 13.5 Å². The molecule has 0 aliphatic carbocycles. The maximum absolute atomic E-state index is 12.6. The van der Waals surface area contributed by atoms with Gasteiger partial charge in [0.05, 0.1) is 17.5 Å². The van der Waals surface area contributed by atoms with Crippen LogP contribution in [0.4, 0.5) is 0 Å². The highest BCUT2D eigenvalue weighted by Gasteiger charge is 2.39. The van der Waals surface area contributed by atoms with Gasteiger partial charge in [-0.1, -0.05) is 13.0 Å². The van der Waals surface area contributed by atoms with Crippen LogP contribution in [0.2, 0.25) is 0 Å². The van der Waals surface area contributed by atoms with Gasteiger partial charge in [0, 0.05) is 6.54 Å². The van der Waals surface area contributed by atoms with E-state index in [1.807, 2.05) is 26.8 Å². The van der Waals surface area contributed by atoms with E-state index >= 15 is 0 Å². The molecule has 1 N–H and O–H groups in total. The van der Waals surface area contributed by atoms with E-state index in [1.165, 1.54) is 4.31 Å². The van der Waals surface area contributed by atoms with Gasteiger partial charge >= 0.3 is 0 Å². The molecular formula is C14H21NO3S. The maximum atomic E-state index is 12.6. The minimum atomic E-state index is -3.50. The Morgan fingerprint density at radius 2 is 2.00 bits per heavy atom. The summed E-state index contributed by atoms with van der Waals surface area (Å²) in [5.41, 5.74) is 2.04. The molecule has 19 heavy (non-hydrogen) atoms. The molecule has 1 heterocycles. The molecule has 1 saturated heterocycles. The summed E-state index contributed by atoms with van der Waals surface area (Å²) in [7, 11) is -3.50. The van der Waals surface area contributed by atoms with Crippen molar-refractivity contribution in [1.29, 1.82) is 0 Å². The number of aryl methyl sites for hydroxylation is 2. The first-order chi connectivity index (χ1) is 8.87. The van der Waals surface area contributed by atoms with Crippen LogP contribution in [0, 0.1) is 19.8 Å². The fraction of sp³-hybridized carbons (Fsp3) is 0.571. The highest BCUT2D eigenvalue weighted by molar-refractivity contribution is 7.89. The molecule has 1 aliphatic heterocycles. The summed E-state index contributed by atoms with van der Waals surface area (Å²) < 4.78 is 26.7. The van der Waals surface area contributed by atoms with Crippen LogP contribution in [0.3, 0.4) is 0 Å². The average molecular weight is 283 g/mol. The van der Waals surface area contributed by atoms with Crippen molar-refractivity contribution in [3.8, 4) is 0 Å². The summed E-state index contributed by atoms with van der Waals surface area (Å²) in [6.45, 7) is 6.22.